The van der Waals surface area contributed by atoms with Gasteiger partial charge in [0.15, 0.2) is 0 Å². The lowest BCUT2D eigenvalue weighted by atomic mass is 10.1. The van der Waals surface area contributed by atoms with Gasteiger partial charge in [-0.3, -0.25) is 14.3 Å². The van der Waals surface area contributed by atoms with Crippen LogP contribution in [0.5, 0.6) is 0 Å². The Morgan fingerprint density at radius 3 is 2.95 bits per heavy atom. The maximum atomic E-state index is 11.8. The van der Waals surface area contributed by atoms with Crippen molar-refractivity contribution in [1.82, 2.24) is 24.5 Å². The second-order valence-corrected chi connectivity index (χ2v) is 4.95. The lowest BCUT2D eigenvalue weighted by molar-refractivity contribution is -0.0324. The lowest BCUT2D eigenvalue weighted by Gasteiger charge is -2.16. The molecular weight excluding hydrogens is 278 g/mol. The van der Waals surface area contributed by atoms with E-state index in [1.807, 2.05) is 6.92 Å². The van der Waals surface area contributed by atoms with Gasteiger partial charge < -0.3 is 9.84 Å². The minimum atomic E-state index is -0.569. The molecule has 0 unspecified atom stereocenters. The molecule has 0 radical (unpaired) electrons. The first-order chi connectivity index (χ1) is 10.1. The highest BCUT2D eigenvalue weighted by Gasteiger charge is 2.38. The maximum Gasteiger partial charge on any atom is 0.330 e. The van der Waals surface area contributed by atoms with E-state index in [1.165, 1.54) is 16.8 Å². The summed E-state index contributed by atoms with van der Waals surface area (Å²) >= 11 is 0. The largest absolute Gasteiger partial charge is 0.394 e. The molecule has 0 aromatic carbocycles. The van der Waals surface area contributed by atoms with Gasteiger partial charge >= 0.3 is 5.69 Å². The number of aliphatic hydroxyl groups is 1. The third-order valence-corrected chi connectivity index (χ3v) is 3.61. The van der Waals surface area contributed by atoms with Crippen molar-refractivity contribution in [1.29, 1.82) is 0 Å². The van der Waals surface area contributed by atoms with E-state index in [4.69, 9.17) is 4.74 Å². The number of aliphatic hydroxyl groups excluding tert-OH is 1. The summed E-state index contributed by atoms with van der Waals surface area (Å²) in [7, 11) is 0. The highest BCUT2D eigenvalue weighted by atomic mass is 16.5. The molecule has 0 bridgehead atoms. The van der Waals surface area contributed by atoms with Crippen LogP contribution in [0.3, 0.4) is 0 Å². The van der Waals surface area contributed by atoms with Crippen LogP contribution >= 0.6 is 0 Å². The number of aromatic amines is 1. The van der Waals surface area contributed by atoms with Gasteiger partial charge in [0.05, 0.1) is 24.5 Å². The average molecular weight is 293 g/mol. The van der Waals surface area contributed by atoms with Crippen LogP contribution < -0.4 is 11.2 Å². The number of H-pyrrole nitrogens is 1. The van der Waals surface area contributed by atoms with E-state index in [-0.39, 0.29) is 12.6 Å². The van der Waals surface area contributed by atoms with Gasteiger partial charge in [-0.25, -0.2) is 9.48 Å². The van der Waals surface area contributed by atoms with Crippen molar-refractivity contribution >= 4 is 0 Å². The Labute approximate surface area is 118 Å². The molecule has 1 aliphatic heterocycles. The molecule has 9 nitrogen and oxygen atoms in total. The Bertz CT molecular complexity index is 748. The van der Waals surface area contributed by atoms with Crippen molar-refractivity contribution in [3.8, 4) is 0 Å². The smallest absolute Gasteiger partial charge is 0.330 e. The van der Waals surface area contributed by atoms with Gasteiger partial charge in [-0.15, -0.1) is 5.10 Å². The molecule has 1 saturated heterocycles. The third kappa shape index (κ3) is 2.41. The summed E-state index contributed by atoms with van der Waals surface area (Å²) in [6, 6.07) is 1.04. The first-order valence-electron chi connectivity index (χ1n) is 6.54. The van der Waals surface area contributed by atoms with Gasteiger partial charge in [-0.05, 0) is 6.92 Å². The van der Waals surface area contributed by atoms with Crippen LogP contribution in [0.1, 0.15) is 24.4 Å². The Morgan fingerprint density at radius 2 is 2.33 bits per heavy atom. The first-order valence-corrected chi connectivity index (χ1v) is 6.54. The second-order valence-electron chi connectivity index (χ2n) is 4.95. The molecule has 3 atom stereocenters. The van der Waals surface area contributed by atoms with Crippen molar-refractivity contribution in [2.24, 2.45) is 0 Å². The fourth-order valence-electron chi connectivity index (χ4n) is 2.58. The molecule has 2 N–H and O–H groups in total. The van der Waals surface area contributed by atoms with Crippen LogP contribution in [0, 0.1) is 6.92 Å². The van der Waals surface area contributed by atoms with Gasteiger partial charge in [0, 0.05) is 18.7 Å². The van der Waals surface area contributed by atoms with Gasteiger partial charge in [0.25, 0.3) is 5.56 Å². The average Bonchev–Trinajstić information content (AvgIpc) is 3.04. The lowest BCUT2D eigenvalue weighted by Crippen LogP contribution is -2.31. The van der Waals surface area contributed by atoms with Crippen LogP contribution in [-0.2, 0) is 4.74 Å². The van der Waals surface area contributed by atoms with Gasteiger partial charge in [0.1, 0.15) is 12.3 Å². The molecule has 0 spiro atoms. The van der Waals surface area contributed by atoms with E-state index in [0.717, 1.165) is 5.69 Å². The third-order valence-electron chi connectivity index (χ3n) is 3.61. The Kier molecular flexibility index (Phi) is 3.43. The summed E-state index contributed by atoms with van der Waals surface area (Å²) in [6.07, 6.45) is 2.39. The highest BCUT2D eigenvalue weighted by molar-refractivity contribution is 4.96. The normalized spacial score (nSPS) is 25.3. The van der Waals surface area contributed by atoms with Crippen molar-refractivity contribution < 1.29 is 9.84 Å². The van der Waals surface area contributed by atoms with Crippen LogP contribution in [0.4, 0.5) is 0 Å². The van der Waals surface area contributed by atoms with Gasteiger partial charge in [-0.1, -0.05) is 5.21 Å². The monoisotopic (exact) mass is 293 g/mol. The molecule has 0 saturated carbocycles. The predicted octanol–water partition coefficient (Wildman–Crippen LogP) is -1.04. The maximum absolute atomic E-state index is 11.8. The number of nitrogens with zero attached hydrogens (tertiary/aromatic N) is 4. The van der Waals surface area contributed by atoms with Crippen molar-refractivity contribution in [2.75, 3.05) is 6.61 Å². The summed E-state index contributed by atoms with van der Waals surface area (Å²) in [5.74, 6) is 0. The molecule has 1 fully saturated rings. The number of aromatic nitrogens is 5. The standard InChI is InChI=1S/C12H15N5O4/c1-7-5-13-15-17(7)8-4-11(21-9(8)6-18)16-3-2-10(19)14-12(16)20/h2-3,5,8-9,11,18H,4,6H2,1H3,(H,14,19,20)/t8-,9+,11+/m0/s1. The highest BCUT2D eigenvalue weighted by Crippen LogP contribution is 2.35. The Hall–Kier alpha value is -2.26. The number of aryl methyl sites for hydroxylation is 1. The zero-order valence-corrected chi connectivity index (χ0v) is 11.3. The SMILES string of the molecule is Cc1cnnn1[C@H]1C[C@H](n2ccc(=O)[nH]c2=O)O[C@@H]1CO. The number of rotatable bonds is 3. The second kappa shape index (κ2) is 5.26. The zero-order valence-electron chi connectivity index (χ0n) is 11.3. The quantitative estimate of drug-likeness (QED) is 0.746. The minimum absolute atomic E-state index is 0.196. The molecule has 9 heteroatoms. The predicted molar refractivity (Wildman–Crippen MR) is 70.7 cm³/mol. The number of nitrogens with one attached hydrogen (secondary N) is 1. The molecule has 112 valence electrons. The first kappa shape index (κ1) is 13.7. The van der Waals surface area contributed by atoms with E-state index in [0.29, 0.717) is 6.42 Å². The number of hydrogen-bond donors (Lipinski definition) is 2. The van der Waals surface area contributed by atoms with E-state index >= 15 is 0 Å². The van der Waals surface area contributed by atoms with Crippen LogP contribution in [0.2, 0.25) is 0 Å². The van der Waals surface area contributed by atoms with Crippen molar-refractivity contribution in [3.63, 3.8) is 0 Å². The summed E-state index contributed by atoms with van der Waals surface area (Å²) in [6.45, 7) is 1.66. The molecule has 2 aromatic heterocycles. The van der Waals surface area contributed by atoms with Crippen LogP contribution in [0.25, 0.3) is 0 Å². The number of ether oxygens (including phenoxy) is 1. The van der Waals surface area contributed by atoms with E-state index < -0.39 is 23.6 Å². The van der Waals surface area contributed by atoms with Crippen LogP contribution in [0.15, 0.2) is 28.0 Å². The van der Waals surface area contributed by atoms with Gasteiger partial charge in [0.2, 0.25) is 0 Å². The molecule has 3 heterocycles. The molecule has 3 rings (SSSR count). The summed E-state index contributed by atoms with van der Waals surface area (Å²) < 4.78 is 8.69. The Balaban J connectivity index is 1.92. The van der Waals surface area contributed by atoms with E-state index in [1.54, 1.807) is 10.9 Å². The summed E-state index contributed by atoms with van der Waals surface area (Å²) in [5, 5.41) is 17.3. The molecule has 0 aliphatic carbocycles. The molecule has 0 amide bonds. The summed E-state index contributed by atoms with van der Waals surface area (Å²) in [5.41, 5.74) is -0.159. The molecule has 1 aliphatic rings. The summed E-state index contributed by atoms with van der Waals surface area (Å²) in [4.78, 5) is 25.1. The Morgan fingerprint density at radius 1 is 1.52 bits per heavy atom. The topological polar surface area (TPSA) is 115 Å². The number of hydrogen-bond acceptors (Lipinski definition) is 6. The zero-order chi connectivity index (χ0) is 15.0. The van der Waals surface area contributed by atoms with Gasteiger partial charge in [-0.2, -0.15) is 0 Å². The van der Waals surface area contributed by atoms with Crippen molar-refractivity contribution in [2.45, 2.75) is 31.7 Å². The fourth-order valence-corrected chi connectivity index (χ4v) is 2.58. The van der Waals surface area contributed by atoms with Crippen LogP contribution in [-0.4, -0.2) is 42.4 Å². The minimum Gasteiger partial charge on any atom is -0.394 e. The fraction of sp³-hybridized carbons (Fsp3) is 0.500. The van der Waals surface area contributed by atoms with E-state index in [9.17, 15) is 14.7 Å². The molecule has 2 aromatic rings. The van der Waals surface area contributed by atoms with E-state index in [2.05, 4.69) is 15.3 Å². The molecule has 21 heavy (non-hydrogen) atoms. The van der Waals surface area contributed by atoms with Crippen molar-refractivity contribution in [3.05, 3.63) is 45.0 Å². The molecular formula is C12H15N5O4.